The first-order valence-corrected chi connectivity index (χ1v) is 14.5. The third-order valence-corrected chi connectivity index (χ3v) is 8.51. The highest BCUT2D eigenvalue weighted by atomic mass is 16.5. The van der Waals surface area contributed by atoms with E-state index < -0.39 is 6.04 Å². The molecule has 0 saturated carbocycles. The van der Waals surface area contributed by atoms with E-state index in [1.165, 1.54) is 11.1 Å². The molecular formula is C31H43N5O3. The lowest BCUT2D eigenvalue weighted by Gasteiger charge is -2.33. The maximum atomic E-state index is 13.9. The minimum absolute atomic E-state index is 0.0463. The highest BCUT2D eigenvalue weighted by Gasteiger charge is 2.43. The molecule has 210 valence electrons. The van der Waals surface area contributed by atoms with Crippen molar-refractivity contribution < 1.29 is 14.3 Å². The van der Waals surface area contributed by atoms with E-state index in [9.17, 15) is 9.59 Å². The maximum Gasteiger partial charge on any atom is 0.254 e. The third kappa shape index (κ3) is 6.87. The number of carbonyl (C=O) groups is 2. The number of rotatable bonds is 8. The first-order valence-electron chi connectivity index (χ1n) is 14.5. The van der Waals surface area contributed by atoms with Gasteiger partial charge in [-0.15, -0.1) is 0 Å². The van der Waals surface area contributed by atoms with Crippen molar-refractivity contribution in [2.45, 2.75) is 38.9 Å². The van der Waals surface area contributed by atoms with Crippen molar-refractivity contribution in [3.63, 3.8) is 0 Å². The zero-order valence-corrected chi connectivity index (χ0v) is 23.5. The van der Waals surface area contributed by atoms with E-state index >= 15 is 0 Å². The van der Waals surface area contributed by atoms with Crippen LogP contribution in [0.25, 0.3) is 0 Å². The van der Waals surface area contributed by atoms with Crippen LogP contribution in [0.1, 0.15) is 33.5 Å². The summed E-state index contributed by atoms with van der Waals surface area (Å²) in [6.45, 7) is 13.8. The van der Waals surface area contributed by atoms with Gasteiger partial charge < -0.3 is 19.9 Å². The number of hydrogen-bond acceptors (Lipinski definition) is 6. The molecule has 3 heterocycles. The van der Waals surface area contributed by atoms with E-state index in [4.69, 9.17) is 4.74 Å². The van der Waals surface area contributed by atoms with Crippen molar-refractivity contribution in [3.8, 4) is 0 Å². The Morgan fingerprint density at radius 1 is 0.974 bits per heavy atom. The van der Waals surface area contributed by atoms with Crippen LogP contribution in [0, 0.1) is 13.8 Å². The standard InChI is InChI=1S/C31H43N5O3/c1-24-7-9-26(10-8-24)30(37)36-23-28(21-29(36)31(38)34-13-11-32-12-14-34)35(16-15-33-17-19-39-20-18-33)22-27-6-4-3-5-25(27)2/h3-10,28-29,32H,11-23H2,1-2H3. The molecule has 2 aromatic carbocycles. The number of carbonyl (C=O) groups excluding carboxylic acids is 2. The van der Waals surface area contributed by atoms with Crippen LogP contribution in [0.15, 0.2) is 48.5 Å². The lowest BCUT2D eigenvalue weighted by atomic mass is 10.1. The molecule has 0 bridgehead atoms. The van der Waals surface area contributed by atoms with Crippen molar-refractivity contribution in [3.05, 3.63) is 70.8 Å². The molecule has 3 aliphatic heterocycles. The normalized spacial score (nSPS) is 22.4. The zero-order chi connectivity index (χ0) is 27.2. The summed E-state index contributed by atoms with van der Waals surface area (Å²) < 4.78 is 5.56. The molecule has 0 aromatic heterocycles. The van der Waals surface area contributed by atoms with Gasteiger partial charge in [0.05, 0.1) is 13.2 Å². The van der Waals surface area contributed by atoms with Crippen molar-refractivity contribution >= 4 is 11.8 Å². The molecule has 2 unspecified atom stereocenters. The maximum absolute atomic E-state index is 13.9. The van der Waals surface area contributed by atoms with Crippen LogP contribution >= 0.6 is 0 Å². The van der Waals surface area contributed by atoms with Crippen molar-refractivity contribution in [1.29, 1.82) is 0 Å². The molecule has 2 atom stereocenters. The van der Waals surface area contributed by atoms with E-state index in [2.05, 4.69) is 46.3 Å². The number of morpholine rings is 1. The zero-order valence-electron chi connectivity index (χ0n) is 23.5. The third-order valence-electron chi connectivity index (χ3n) is 8.51. The average molecular weight is 534 g/mol. The smallest absolute Gasteiger partial charge is 0.254 e. The first kappa shape index (κ1) is 27.8. The van der Waals surface area contributed by atoms with Gasteiger partial charge in [0, 0.05) is 77.1 Å². The van der Waals surface area contributed by atoms with E-state index in [-0.39, 0.29) is 17.9 Å². The lowest BCUT2D eigenvalue weighted by Crippen LogP contribution is -2.53. The Morgan fingerprint density at radius 2 is 1.69 bits per heavy atom. The van der Waals surface area contributed by atoms with Gasteiger partial charge in [0.2, 0.25) is 5.91 Å². The predicted molar refractivity (Wildman–Crippen MR) is 153 cm³/mol. The fourth-order valence-electron chi connectivity index (χ4n) is 5.99. The van der Waals surface area contributed by atoms with Crippen LogP contribution in [0.5, 0.6) is 0 Å². The van der Waals surface area contributed by atoms with Gasteiger partial charge in [-0.2, -0.15) is 0 Å². The van der Waals surface area contributed by atoms with E-state index in [1.807, 2.05) is 41.0 Å². The van der Waals surface area contributed by atoms with Crippen LogP contribution in [-0.4, -0.2) is 116 Å². The van der Waals surface area contributed by atoms with Crippen molar-refractivity contribution in [1.82, 2.24) is 24.9 Å². The summed E-state index contributed by atoms with van der Waals surface area (Å²) in [5.41, 5.74) is 4.34. The second kappa shape index (κ2) is 13.0. The minimum Gasteiger partial charge on any atom is -0.379 e. The summed E-state index contributed by atoms with van der Waals surface area (Å²) in [4.78, 5) is 36.5. The number of nitrogens with one attached hydrogen (secondary N) is 1. The summed E-state index contributed by atoms with van der Waals surface area (Å²) in [7, 11) is 0. The molecule has 2 amide bonds. The van der Waals surface area contributed by atoms with Gasteiger partial charge in [-0.1, -0.05) is 42.0 Å². The van der Waals surface area contributed by atoms with Crippen LogP contribution in [-0.2, 0) is 16.1 Å². The molecule has 3 saturated heterocycles. The van der Waals surface area contributed by atoms with Crippen LogP contribution in [0.3, 0.4) is 0 Å². The summed E-state index contributed by atoms with van der Waals surface area (Å²) in [6.07, 6.45) is 0.662. The number of hydrogen-bond donors (Lipinski definition) is 1. The van der Waals surface area contributed by atoms with Gasteiger partial charge >= 0.3 is 0 Å². The Morgan fingerprint density at radius 3 is 2.41 bits per heavy atom. The average Bonchev–Trinajstić information content (AvgIpc) is 3.42. The molecule has 5 rings (SSSR count). The minimum atomic E-state index is -0.440. The number of aryl methyl sites for hydroxylation is 2. The fraction of sp³-hybridized carbons (Fsp3) is 0.548. The number of amides is 2. The SMILES string of the molecule is Cc1ccc(C(=O)N2CC(N(CCN3CCOCC3)Cc3ccccc3C)CC2C(=O)N2CCNCC2)cc1. The Kier molecular flexibility index (Phi) is 9.29. The molecule has 8 nitrogen and oxygen atoms in total. The Bertz CT molecular complexity index is 1110. The number of benzene rings is 2. The Hall–Kier alpha value is -2.78. The van der Waals surface area contributed by atoms with Gasteiger partial charge in [0.25, 0.3) is 5.91 Å². The second-order valence-electron chi connectivity index (χ2n) is 11.2. The Labute approximate surface area is 232 Å². The lowest BCUT2D eigenvalue weighted by molar-refractivity contribution is -0.135. The largest absolute Gasteiger partial charge is 0.379 e. The number of piperazine rings is 1. The molecule has 0 radical (unpaired) electrons. The fourth-order valence-corrected chi connectivity index (χ4v) is 5.99. The summed E-state index contributed by atoms with van der Waals surface area (Å²) >= 11 is 0. The van der Waals surface area contributed by atoms with Gasteiger partial charge in [0.15, 0.2) is 0 Å². The number of likely N-dealkylation sites (tertiary alicyclic amines) is 1. The molecule has 1 N–H and O–H groups in total. The van der Waals surface area contributed by atoms with Crippen LogP contribution < -0.4 is 5.32 Å². The summed E-state index contributed by atoms with van der Waals surface area (Å²) in [5.74, 6) is 0.0403. The van der Waals surface area contributed by atoms with E-state index in [0.717, 1.165) is 64.6 Å². The molecule has 0 aliphatic carbocycles. The van der Waals surface area contributed by atoms with Crippen LogP contribution in [0.4, 0.5) is 0 Å². The van der Waals surface area contributed by atoms with Crippen molar-refractivity contribution in [2.75, 3.05) is 72.1 Å². The molecule has 0 spiro atoms. The van der Waals surface area contributed by atoms with Crippen molar-refractivity contribution in [2.24, 2.45) is 0 Å². The molecule has 39 heavy (non-hydrogen) atoms. The Balaban J connectivity index is 1.39. The van der Waals surface area contributed by atoms with Gasteiger partial charge in [-0.25, -0.2) is 0 Å². The predicted octanol–water partition coefficient (Wildman–Crippen LogP) is 2.15. The summed E-state index contributed by atoms with van der Waals surface area (Å²) in [6, 6.07) is 15.9. The quantitative estimate of drug-likeness (QED) is 0.561. The van der Waals surface area contributed by atoms with E-state index in [0.29, 0.717) is 31.6 Å². The first-order chi connectivity index (χ1) is 19.0. The molecule has 2 aromatic rings. The molecule has 3 fully saturated rings. The monoisotopic (exact) mass is 533 g/mol. The topological polar surface area (TPSA) is 68.4 Å². The highest BCUT2D eigenvalue weighted by Crippen LogP contribution is 2.28. The van der Waals surface area contributed by atoms with E-state index in [1.54, 1.807) is 0 Å². The molecule has 3 aliphatic rings. The van der Waals surface area contributed by atoms with Gasteiger partial charge in [-0.05, 0) is 43.5 Å². The van der Waals surface area contributed by atoms with Gasteiger partial charge in [-0.3, -0.25) is 19.4 Å². The summed E-state index contributed by atoms with van der Waals surface area (Å²) in [5, 5.41) is 3.34. The number of nitrogens with zero attached hydrogens (tertiary/aromatic N) is 4. The highest BCUT2D eigenvalue weighted by molar-refractivity contribution is 5.98. The molecule has 8 heteroatoms. The number of ether oxygens (including phenoxy) is 1. The molecular weight excluding hydrogens is 490 g/mol. The second-order valence-corrected chi connectivity index (χ2v) is 11.2. The van der Waals surface area contributed by atoms with Gasteiger partial charge in [0.1, 0.15) is 6.04 Å². The van der Waals surface area contributed by atoms with Crippen LogP contribution in [0.2, 0.25) is 0 Å².